The largest absolute Gasteiger partial charge is 0.289 e. The second kappa shape index (κ2) is 12.1. The molecule has 5 aromatic carbocycles. The van der Waals surface area contributed by atoms with Crippen LogP contribution >= 0.6 is 0 Å². The van der Waals surface area contributed by atoms with Crippen LogP contribution in [0.3, 0.4) is 0 Å². The van der Waals surface area contributed by atoms with E-state index in [4.69, 9.17) is 9.98 Å². The first-order valence-electron chi connectivity index (χ1n) is 18.1. The average Bonchev–Trinajstić information content (AvgIpc) is 3.19. The number of benzene rings is 5. The molecule has 5 atom stereocenters. The van der Waals surface area contributed by atoms with Crippen molar-refractivity contribution in [1.82, 2.24) is 0 Å². The molecule has 2 aliphatic heterocycles. The number of allylic oxidation sites excluding steroid dienone is 11. The molecule has 2 heteroatoms. The molecule has 5 aliphatic rings. The second-order valence-electron chi connectivity index (χ2n) is 14.4. The Morgan fingerprint density at radius 1 is 0.600 bits per heavy atom. The van der Waals surface area contributed by atoms with Crippen molar-refractivity contribution in [3.8, 4) is 11.1 Å². The minimum Gasteiger partial charge on any atom is -0.289 e. The van der Waals surface area contributed by atoms with Gasteiger partial charge < -0.3 is 0 Å². The normalized spacial score (nSPS) is 25.0. The van der Waals surface area contributed by atoms with Crippen LogP contribution in [0.1, 0.15) is 30.4 Å². The number of hydrogen-bond donors (Lipinski definition) is 0. The van der Waals surface area contributed by atoms with Gasteiger partial charge in [-0.2, -0.15) is 0 Å². The lowest BCUT2D eigenvalue weighted by Crippen LogP contribution is -2.32. The van der Waals surface area contributed by atoms with Gasteiger partial charge >= 0.3 is 0 Å². The highest BCUT2D eigenvalue weighted by atomic mass is 14.9. The maximum Gasteiger partial charge on any atom is 0.0742 e. The smallest absolute Gasteiger partial charge is 0.0742 e. The fourth-order valence-electron chi connectivity index (χ4n) is 8.89. The van der Waals surface area contributed by atoms with E-state index in [1.54, 1.807) is 0 Å². The van der Waals surface area contributed by atoms with Crippen molar-refractivity contribution in [1.29, 1.82) is 0 Å². The lowest BCUT2D eigenvalue weighted by molar-refractivity contribution is 0.397. The highest BCUT2D eigenvalue weighted by molar-refractivity contribution is 6.21. The summed E-state index contributed by atoms with van der Waals surface area (Å²) in [4.78, 5) is 10.1. The van der Waals surface area contributed by atoms with Crippen molar-refractivity contribution in [2.45, 2.75) is 31.3 Å². The Morgan fingerprint density at radius 2 is 1.40 bits per heavy atom. The molecule has 0 N–H and O–H groups in total. The number of nitrogens with zero attached hydrogens (tertiary/aromatic N) is 2. The molecule has 2 heterocycles. The van der Waals surface area contributed by atoms with E-state index < -0.39 is 0 Å². The summed E-state index contributed by atoms with van der Waals surface area (Å²) in [5, 5.41) is 7.74. The van der Waals surface area contributed by atoms with Gasteiger partial charge in [0, 0.05) is 30.2 Å². The van der Waals surface area contributed by atoms with Crippen LogP contribution in [0.5, 0.6) is 0 Å². The van der Waals surface area contributed by atoms with Crippen molar-refractivity contribution in [2.75, 3.05) is 0 Å². The molecule has 3 aliphatic carbocycles. The Labute approximate surface area is 293 Å². The van der Waals surface area contributed by atoms with Crippen molar-refractivity contribution < 1.29 is 0 Å². The maximum absolute atomic E-state index is 5.17. The first-order valence-corrected chi connectivity index (χ1v) is 18.1. The molecule has 5 aromatic rings. The standard InChI is InChI=1S/C48H38N2/c1-3-11-33-25-37(19-17-31(33)9-1)47-41-14-6-7-15-42(41)48(38-20-18-32-10-2-4-12-34(32)26-38)44-28-35(21-23-43(44)47)39-22-24-46(49-29-39)40-27-36-13-5-8-16-45(36)50-30-40/h1-23,25,28-30,34,36,40,45-46H,24,26-27H2. The van der Waals surface area contributed by atoms with Gasteiger partial charge in [0.05, 0.1) is 12.1 Å². The summed E-state index contributed by atoms with van der Waals surface area (Å²) < 4.78 is 0. The van der Waals surface area contributed by atoms with Gasteiger partial charge in [0.15, 0.2) is 0 Å². The molecular formula is C48H38N2. The third-order valence-corrected chi connectivity index (χ3v) is 11.5. The van der Waals surface area contributed by atoms with Crippen LogP contribution in [0, 0.1) is 17.8 Å². The Morgan fingerprint density at radius 3 is 2.30 bits per heavy atom. The van der Waals surface area contributed by atoms with E-state index in [0.717, 1.165) is 19.3 Å². The molecule has 0 spiro atoms. The van der Waals surface area contributed by atoms with Gasteiger partial charge in [0.25, 0.3) is 0 Å². The summed E-state index contributed by atoms with van der Waals surface area (Å²) in [7, 11) is 0. The molecule has 0 bridgehead atoms. The van der Waals surface area contributed by atoms with E-state index in [1.165, 1.54) is 71.3 Å². The van der Waals surface area contributed by atoms with Crippen LogP contribution in [0.25, 0.3) is 54.6 Å². The highest BCUT2D eigenvalue weighted by Gasteiger charge is 2.31. The topological polar surface area (TPSA) is 24.7 Å². The fourth-order valence-corrected chi connectivity index (χ4v) is 8.89. The summed E-state index contributed by atoms with van der Waals surface area (Å²) in [5.74, 6) is 1.27. The summed E-state index contributed by atoms with van der Waals surface area (Å²) in [6.07, 6.45) is 32.3. The third-order valence-electron chi connectivity index (χ3n) is 11.5. The van der Waals surface area contributed by atoms with Gasteiger partial charge in [-0.1, -0.05) is 140 Å². The first-order chi connectivity index (χ1) is 24.8. The van der Waals surface area contributed by atoms with Crippen LogP contribution < -0.4 is 0 Å². The van der Waals surface area contributed by atoms with E-state index in [1.807, 2.05) is 0 Å². The zero-order valence-electron chi connectivity index (χ0n) is 28.0. The average molecular weight is 643 g/mol. The predicted octanol–water partition coefficient (Wildman–Crippen LogP) is 11.7. The zero-order chi connectivity index (χ0) is 33.0. The van der Waals surface area contributed by atoms with Gasteiger partial charge in [-0.3, -0.25) is 9.98 Å². The van der Waals surface area contributed by atoms with Crippen LogP contribution in [-0.4, -0.2) is 24.5 Å². The molecule has 0 radical (unpaired) electrons. The van der Waals surface area contributed by atoms with E-state index in [-0.39, 0.29) is 6.04 Å². The van der Waals surface area contributed by atoms with Crippen molar-refractivity contribution in [3.05, 3.63) is 168 Å². The van der Waals surface area contributed by atoms with Gasteiger partial charge in [-0.25, -0.2) is 0 Å². The molecule has 0 fully saturated rings. The maximum atomic E-state index is 5.17. The summed E-state index contributed by atoms with van der Waals surface area (Å²) >= 11 is 0. The van der Waals surface area contributed by atoms with Crippen molar-refractivity contribution in [2.24, 2.45) is 27.7 Å². The molecule has 0 saturated carbocycles. The van der Waals surface area contributed by atoms with Crippen LogP contribution in [0.2, 0.25) is 0 Å². The van der Waals surface area contributed by atoms with Gasteiger partial charge in [-0.15, -0.1) is 0 Å². The van der Waals surface area contributed by atoms with Crippen LogP contribution in [0.15, 0.2) is 167 Å². The SMILES string of the molecule is C1=CC2=CC=C(c3c4ccccc4c(-c4ccc5ccccc5c4)c4ccc(C5=CCC(C6C=NC7C=CC=CC7C6)N=C5)cc34)CC2C=C1. The molecule has 0 amide bonds. The predicted molar refractivity (Wildman–Crippen MR) is 214 cm³/mol. The van der Waals surface area contributed by atoms with E-state index >= 15 is 0 Å². The summed E-state index contributed by atoms with van der Waals surface area (Å²) in [6.45, 7) is 0. The number of aliphatic imine (C=N–C) groups is 2. The second-order valence-corrected chi connectivity index (χ2v) is 14.4. The molecule has 0 saturated heterocycles. The van der Waals surface area contributed by atoms with Crippen LogP contribution in [0.4, 0.5) is 0 Å². The van der Waals surface area contributed by atoms with E-state index in [0.29, 0.717) is 23.8 Å². The Kier molecular flexibility index (Phi) is 7.08. The third kappa shape index (κ3) is 5.01. The molecule has 240 valence electrons. The lowest BCUT2D eigenvalue weighted by atomic mass is 9.78. The fraction of sp³-hybridized carbons (Fsp3) is 0.167. The van der Waals surface area contributed by atoms with Gasteiger partial charge in [0.1, 0.15) is 0 Å². The quantitative estimate of drug-likeness (QED) is 0.174. The first kappa shape index (κ1) is 29.3. The molecule has 2 nitrogen and oxygen atoms in total. The molecule has 5 unspecified atom stereocenters. The Hall–Kier alpha value is -5.60. The number of hydrogen-bond acceptors (Lipinski definition) is 2. The molecule has 50 heavy (non-hydrogen) atoms. The molecule has 10 rings (SSSR count). The number of fused-ring (bicyclic) bond motifs is 5. The molecule has 0 aromatic heterocycles. The summed E-state index contributed by atoms with van der Waals surface area (Å²) in [5.41, 5.74) is 9.14. The Bertz CT molecular complexity index is 2490. The monoisotopic (exact) mass is 642 g/mol. The van der Waals surface area contributed by atoms with Crippen LogP contribution in [-0.2, 0) is 0 Å². The molecular weight excluding hydrogens is 605 g/mol. The van der Waals surface area contributed by atoms with Crippen molar-refractivity contribution >= 4 is 55.9 Å². The minimum absolute atomic E-state index is 0.244. The Balaban J connectivity index is 1.11. The minimum atomic E-state index is 0.244. The van der Waals surface area contributed by atoms with Crippen molar-refractivity contribution in [3.63, 3.8) is 0 Å². The van der Waals surface area contributed by atoms with E-state index in [9.17, 15) is 0 Å². The van der Waals surface area contributed by atoms with Gasteiger partial charge in [-0.05, 0) is 103 Å². The zero-order valence-corrected chi connectivity index (χ0v) is 28.0. The van der Waals surface area contributed by atoms with Gasteiger partial charge in [0.2, 0.25) is 0 Å². The lowest BCUT2D eigenvalue weighted by Gasteiger charge is -2.32. The highest BCUT2D eigenvalue weighted by Crippen LogP contribution is 2.46. The number of rotatable bonds is 4. The summed E-state index contributed by atoms with van der Waals surface area (Å²) in [6, 6.07) is 32.3. The van der Waals surface area contributed by atoms with E-state index in [2.05, 4.69) is 164 Å². The number of dihydropyridines is 1.